The van der Waals surface area contributed by atoms with Crippen LogP contribution in [0.3, 0.4) is 0 Å². The predicted octanol–water partition coefficient (Wildman–Crippen LogP) is 1.96. The largest absolute Gasteiger partial charge is 0.488 e. The molecule has 0 atom stereocenters. The third-order valence-electron chi connectivity index (χ3n) is 2.91. The minimum absolute atomic E-state index is 0.194. The van der Waals surface area contributed by atoms with Crippen molar-refractivity contribution in [3.05, 3.63) is 59.7 Å². The van der Waals surface area contributed by atoms with Gasteiger partial charge in [0.15, 0.2) is 0 Å². The maximum absolute atomic E-state index is 12.8. The Hall–Kier alpha value is -1.99. The van der Waals surface area contributed by atoms with E-state index in [4.69, 9.17) is 4.74 Å². The second-order valence-electron chi connectivity index (χ2n) is 4.36. The molecule has 0 heterocycles. The first-order valence-corrected chi connectivity index (χ1v) is 6.12. The summed E-state index contributed by atoms with van der Waals surface area (Å²) in [6.45, 7) is -0.194. The van der Waals surface area contributed by atoms with Crippen molar-refractivity contribution in [3.8, 4) is 5.75 Å². The van der Waals surface area contributed by atoms with E-state index in [-0.39, 0.29) is 17.8 Å². The molecule has 2 aromatic rings. The Kier molecular flexibility index (Phi) is 4.54. The SMILES string of the molecule is OB(O)c1ccccc1COc1ccccc1C(F)(F)F. The van der Waals surface area contributed by atoms with Gasteiger partial charge in [-0.3, -0.25) is 0 Å². The van der Waals surface area contributed by atoms with Crippen LogP contribution in [-0.2, 0) is 12.8 Å². The molecule has 0 aliphatic heterocycles. The number of rotatable bonds is 4. The molecular formula is C14H12BF3O3. The van der Waals surface area contributed by atoms with Gasteiger partial charge in [0.25, 0.3) is 0 Å². The topological polar surface area (TPSA) is 49.7 Å². The van der Waals surface area contributed by atoms with Gasteiger partial charge in [-0.1, -0.05) is 36.4 Å². The molecule has 7 heteroatoms. The Balaban J connectivity index is 2.22. The van der Waals surface area contributed by atoms with Crippen molar-refractivity contribution in [1.82, 2.24) is 0 Å². The fourth-order valence-corrected chi connectivity index (χ4v) is 1.90. The molecule has 0 fully saturated rings. The number of benzene rings is 2. The van der Waals surface area contributed by atoms with Crippen LogP contribution in [0.1, 0.15) is 11.1 Å². The van der Waals surface area contributed by atoms with Gasteiger partial charge in [0.05, 0.1) is 5.56 Å². The second kappa shape index (κ2) is 6.20. The smallest absolute Gasteiger partial charge is 0.488 e. The number of hydrogen-bond donors (Lipinski definition) is 2. The molecule has 2 aromatic carbocycles. The molecule has 0 bridgehead atoms. The number of halogens is 3. The van der Waals surface area contributed by atoms with Gasteiger partial charge in [0, 0.05) is 0 Å². The van der Waals surface area contributed by atoms with Crippen LogP contribution < -0.4 is 10.2 Å². The van der Waals surface area contributed by atoms with E-state index in [1.165, 1.54) is 24.3 Å². The zero-order chi connectivity index (χ0) is 15.5. The molecule has 0 aromatic heterocycles. The van der Waals surface area contributed by atoms with E-state index in [1.54, 1.807) is 18.2 Å². The van der Waals surface area contributed by atoms with Crippen LogP contribution in [0, 0.1) is 0 Å². The first-order valence-electron chi connectivity index (χ1n) is 6.12. The summed E-state index contributed by atoms with van der Waals surface area (Å²) in [7, 11) is -1.71. The molecule has 2 N–H and O–H groups in total. The van der Waals surface area contributed by atoms with E-state index in [2.05, 4.69) is 0 Å². The first-order chi connectivity index (χ1) is 9.89. The highest BCUT2D eigenvalue weighted by Crippen LogP contribution is 2.36. The van der Waals surface area contributed by atoms with Crippen molar-refractivity contribution < 1.29 is 28.0 Å². The van der Waals surface area contributed by atoms with Gasteiger partial charge >= 0.3 is 13.3 Å². The van der Waals surface area contributed by atoms with E-state index in [0.717, 1.165) is 6.07 Å². The fraction of sp³-hybridized carbons (Fsp3) is 0.143. The molecule has 2 rings (SSSR count). The quantitative estimate of drug-likeness (QED) is 0.848. The van der Waals surface area contributed by atoms with Crippen LogP contribution in [0.5, 0.6) is 5.75 Å². The molecule has 0 spiro atoms. The van der Waals surface area contributed by atoms with E-state index < -0.39 is 18.9 Å². The van der Waals surface area contributed by atoms with Gasteiger partial charge in [-0.25, -0.2) is 0 Å². The zero-order valence-electron chi connectivity index (χ0n) is 10.8. The third-order valence-corrected chi connectivity index (χ3v) is 2.91. The van der Waals surface area contributed by atoms with Crippen LogP contribution in [0.25, 0.3) is 0 Å². The lowest BCUT2D eigenvalue weighted by atomic mass is 9.77. The van der Waals surface area contributed by atoms with Crippen LogP contribution in [-0.4, -0.2) is 17.2 Å². The van der Waals surface area contributed by atoms with Gasteiger partial charge in [-0.2, -0.15) is 13.2 Å². The normalized spacial score (nSPS) is 11.3. The molecule has 0 saturated carbocycles. The van der Waals surface area contributed by atoms with E-state index >= 15 is 0 Å². The number of para-hydroxylation sites is 1. The van der Waals surface area contributed by atoms with Crippen molar-refractivity contribution in [1.29, 1.82) is 0 Å². The maximum atomic E-state index is 12.8. The fourth-order valence-electron chi connectivity index (χ4n) is 1.90. The second-order valence-corrected chi connectivity index (χ2v) is 4.36. The van der Waals surface area contributed by atoms with Crippen LogP contribution in [0.15, 0.2) is 48.5 Å². The molecule has 110 valence electrons. The molecule has 0 amide bonds. The van der Waals surface area contributed by atoms with Gasteiger partial charge in [-0.05, 0) is 23.2 Å². The molecule has 21 heavy (non-hydrogen) atoms. The Morgan fingerprint density at radius 1 is 0.952 bits per heavy atom. The number of ether oxygens (including phenoxy) is 1. The highest BCUT2D eigenvalue weighted by Gasteiger charge is 2.34. The average molecular weight is 296 g/mol. The molecular weight excluding hydrogens is 284 g/mol. The first kappa shape index (κ1) is 15.4. The highest BCUT2D eigenvalue weighted by atomic mass is 19.4. The Morgan fingerprint density at radius 2 is 1.57 bits per heavy atom. The summed E-state index contributed by atoms with van der Waals surface area (Å²) >= 11 is 0. The van der Waals surface area contributed by atoms with Crippen molar-refractivity contribution in [2.45, 2.75) is 12.8 Å². The lowest BCUT2D eigenvalue weighted by Crippen LogP contribution is -2.33. The van der Waals surface area contributed by atoms with Gasteiger partial charge in [0.1, 0.15) is 12.4 Å². The van der Waals surface area contributed by atoms with Crippen molar-refractivity contribution in [3.63, 3.8) is 0 Å². The molecule has 0 saturated heterocycles. The maximum Gasteiger partial charge on any atom is 0.488 e. The standard InChI is InChI=1S/C14H12BF3O3/c16-14(17,18)11-6-2-4-8-13(11)21-9-10-5-1-3-7-12(10)15(19)20/h1-8,19-20H,9H2. The van der Waals surface area contributed by atoms with E-state index in [9.17, 15) is 23.2 Å². The zero-order valence-corrected chi connectivity index (χ0v) is 10.8. The van der Waals surface area contributed by atoms with Gasteiger partial charge < -0.3 is 14.8 Å². The molecule has 0 radical (unpaired) electrons. The predicted molar refractivity (Wildman–Crippen MR) is 72.0 cm³/mol. The monoisotopic (exact) mass is 296 g/mol. The minimum atomic E-state index is -4.51. The summed E-state index contributed by atoms with van der Waals surface area (Å²) in [4.78, 5) is 0. The molecule has 0 aliphatic rings. The van der Waals surface area contributed by atoms with Crippen molar-refractivity contribution in [2.75, 3.05) is 0 Å². The summed E-state index contributed by atoms with van der Waals surface area (Å²) < 4.78 is 43.7. The Morgan fingerprint density at radius 3 is 2.24 bits per heavy atom. The third kappa shape index (κ3) is 3.77. The minimum Gasteiger partial charge on any atom is -0.488 e. The highest BCUT2D eigenvalue weighted by molar-refractivity contribution is 6.59. The summed E-state index contributed by atoms with van der Waals surface area (Å²) in [5.74, 6) is -0.299. The van der Waals surface area contributed by atoms with Gasteiger partial charge in [-0.15, -0.1) is 0 Å². The van der Waals surface area contributed by atoms with Crippen LogP contribution >= 0.6 is 0 Å². The van der Waals surface area contributed by atoms with E-state index in [0.29, 0.717) is 5.56 Å². The molecule has 0 aliphatic carbocycles. The Bertz CT molecular complexity index is 614. The average Bonchev–Trinajstić information content (AvgIpc) is 2.44. The lowest BCUT2D eigenvalue weighted by molar-refractivity contribution is -0.139. The number of hydrogen-bond acceptors (Lipinski definition) is 3. The van der Waals surface area contributed by atoms with Gasteiger partial charge in [0.2, 0.25) is 0 Å². The van der Waals surface area contributed by atoms with Crippen molar-refractivity contribution >= 4 is 12.6 Å². The molecule has 0 unspecified atom stereocenters. The van der Waals surface area contributed by atoms with E-state index in [1.807, 2.05) is 0 Å². The van der Waals surface area contributed by atoms with Crippen LogP contribution in [0.4, 0.5) is 13.2 Å². The number of alkyl halides is 3. The van der Waals surface area contributed by atoms with Crippen molar-refractivity contribution in [2.24, 2.45) is 0 Å². The summed E-state index contributed by atoms with van der Waals surface area (Å²) in [5.41, 5.74) is -0.265. The summed E-state index contributed by atoms with van der Waals surface area (Å²) in [6, 6.07) is 11.1. The lowest BCUT2D eigenvalue weighted by Gasteiger charge is -2.15. The summed E-state index contributed by atoms with van der Waals surface area (Å²) in [6.07, 6.45) is -4.51. The van der Waals surface area contributed by atoms with Crippen LogP contribution in [0.2, 0.25) is 0 Å². The molecule has 3 nitrogen and oxygen atoms in total. The Labute approximate surface area is 119 Å². The summed E-state index contributed by atoms with van der Waals surface area (Å²) in [5, 5.41) is 18.4.